The van der Waals surface area contributed by atoms with E-state index in [0.717, 1.165) is 38.2 Å². The van der Waals surface area contributed by atoms with Gasteiger partial charge in [-0.1, -0.05) is 48.5 Å². The number of likely N-dealkylation sites (tertiary alicyclic amines) is 1. The highest BCUT2D eigenvalue weighted by molar-refractivity contribution is 6.40. The summed E-state index contributed by atoms with van der Waals surface area (Å²) in [6.07, 6.45) is 2.60. The van der Waals surface area contributed by atoms with Gasteiger partial charge in [-0.2, -0.15) is 5.10 Å². The minimum atomic E-state index is -0.417. The Balaban J connectivity index is 1.33. The van der Waals surface area contributed by atoms with Crippen LogP contribution in [0.25, 0.3) is 0 Å². The Morgan fingerprint density at radius 2 is 1.77 bits per heavy atom. The van der Waals surface area contributed by atoms with E-state index in [4.69, 9.17) is 0 Å². The Bertz CT molecular complexity index is 929. The molecule has 2 heterocycles. The third-order valence-corrected chi connectivity index (χ3v) is 6.07. The molecule has 1 N–H and O–H groups in total. The molecule has 0 spiro atoms. The van der Waals surface area contributed by atoms with Crippen molar-refractivity contribution in [3.05, 3.63) is 66.2 Å². The van der Waals surface area contributed by atoms with Gasteiger partial charge in [0.05, 0.1) is 5.69 Å². The minimum Gasteiger partial charge on any atom is -0.351 e. The van der Waals surface area contributed by atoms with Gasteiger partial charge in [-0.25, -0.2) is 0 Å². The second-order valence-electron chi connectivity index (χ2n) is 8.50. The van der Waals surface area contributed by atoms with E-state index >= 15 is 0 Å². The first-order chi connectivity index (χ1) is 15.1. The molecule has 4 rings (SSSR count). The third kappa shape index (κ3) is 5.39. The van der Waals surface area contributed by atoms with Gasteiger partial charge >= 0.3 is 0 Å². The molecule has 162 valence electrons. The maximum absolute atomic E-state index is 12.8. The van der Waals surface area contributed by atoms with Gasteiger partial charge in [-0.05, 0) is 49.9 Å². The molecule has 0 aromatic heterocycles. The number of nitrogens with one attached hydrogen (secondary N) is 1. The summed E-state index contributed by atoms with van der Waals surface area (Å²) in [5.74, 6) is 0.279. The van der Waals surface area contributed by atoms with Crippen molar-refractivity contribution in [3.8, 4) is 0 Å². The molecule has 2 aliphatic rings. The number of nitrogens with zero attached hydrogens (tertiary/aromatic N) is 3. The van der Waals surface area contributed by atoms with Crippen LogP contribution in [0.1, 0.15) is 31.7 Å². The van der Waals surface area contributed by atoms with Crippen LogP contribution in [0.3, 0.4) is 0 Å². The maximum atomic E-state index is 12.8. The van der Waals surface area contributed by atoms with E-state index in [9.17, 15) is 9.59 Å². The number of ketones is 1. The van der Waals surface area contributed by atoms with Crippen molar-refractivity contribution in [2.75, 3.05) is 24.6 Å². The SMILES string of the molecule is CC(=O)C1CC(C(=O)NCC2CCCN(Cc3ccccc3)C2)=NN1c1ccccc1. The van der Waals surface area contributed by atoms with E-state index in [1.54, 1.807) is 11.9 Å². The van der Waals surface area contributed by atoms with E-state index in [2.05, 4.69) is 39.6 Å². The monoisotopic (exact) mass is 418 g/mol. The lowest BCUT2D eigenvalue weighted by molar-refractivity contribution is -0.118. The number of carbonyl (C=O) groups is 2. The first-order valence-electron chi connectivity index (χ1n) is 11.1. The molecule has 2 aromatic carbocycles. The number of hydrogen-bond acceptors (Lipinski definition) is 5. The molecule has 2 aliphatic heterocycles. The normalized spacial score (nSPS) is 21.6. The van der Waals surface area contributed by atoms with E-state index in [0.29, 0.717) is 24.6 Å². The molecule has 2 aromatic rings. The number of piperidine rings is 1. The lowest BCUT2D eigenvalue weighted by Gasteiger charge is -2.32. The fraction of sp³-hybridized carbons (Fsp3) is 0.400. The van der Waals surface area contributed by atoms with Gasteiger partial charge in [0, 0.05) is 26.1 Å². The van der Waals surface area contributed by atoms with Gasteiger partial charge in [0.25, 0.3) is 5.91 Å². The van der Waals surface area contributed by atoms with E-state index in [1.807, 2.05) is 36.4 Å². The number of hydrazone groups is 1. The first kappa shape index (κ1) is 21.2. The van der Waals surface area contributed by atoms with Gasteiger partial charge in [-0.3, -0.25) is 19.5 Å². The van der Waals surface area contributed by atoms with Crippen LogP contribution >= 0.6 is 0 Å². The predicted octanol–water partition coefficient (Wildman–Crippen LogP) is 3.24. The minimum absolute atomic E-state index is 0.0132. The zero-order valence-corrected chi connectivity index (χ0v) is 18.0. The molecule has 6 nitrogen and oxygen atoms in total. The zero-order valence-electron chi connectivity index (χ0n) is 18.0. The van der Waals surface area contributed by atoms with Gasteiger partial charge < -0.3 is 5.32 Å². The van der Waals surface area contributed by atoms with E-state index in [1.165, 1.54) is 5.56 Å². The highest BCUT2D eigenvalue weighted by Crippen LogP contribution is 2.25. The number of Topliss-reactive ketones (excluding diaryl/α,β-unsaturated/α-hetero) is 1. The average Bonchev–Trinajstić information content (AvgIpc) is 3.25. The molecule has 0 bridgehead atoms. The summed E-state index contributed by atoms with van der Waals surface area (Å²) in [6.45, 7) is 5.22. The summed E-state index contributed by atoms with van der Waals surface area (Å²) < 4.78 is 0. The second kappa shape index (κ2) is 9.88. The Labute approximate surface area is 183 Å². The molecule has 31 heavy (non-hydrogen) atoms. The standard InChI is InChI=1S/C25H30N4O2/c1-19(30)24-15-23(27-29(24)22-12-6-3-7-13-22)25(31)26-16-21-11-8-14-28(18-21)17-20-9-4-2-5-10-20/h2-7,9-10,12-13,21,24H,8,11,14-18H2,1H3,(H,26,31). The Morgan fingerprint density at radius 1 is 1.06 bits per heavy atom. The van der Waals surface area contributed by atoms with Crippen molar-refractivity contribution in [1.82, 2.24) is 10.2 Å². The molecule has 6 heteroatoms. The smallest absolute Gasteiger partial charge is 0.267 e. The lowest BCUT2D eigenvalue weighted by atomic mass is 9.97. The van der Waals surface area contributed by atoms with Gasteiger partial charge in [0.2, 0.25) is 0 Å². The van der Waals surface area contributed by atoms with Crippen LogP contribution < -0.4 is 10.3 Å². The Kier molecular flexibility index (Phi) is 6.77. The summed E-state index contributed by atoms with van der Waals surface area (Å²) >= 11 is 0. The summed E-state index contributed by atoms with van der Waals surface area (Å²) in [5.41, 5.74) is 2.58. The second-order valence-corrected chi connectivity index (χ2v) is 8.50. The zero-order chi connectivity index (χ0) is 21.6. The highest BCUT2D eigenvalue weighted by atomic mass is 16.2. The first-order valence-corrected chi connectivity index (χ1v) is 11.1. The molecule has 2 atom stereocenters. The van der Waals surface area contributed by atoms with Crippen LogP contribution in [-0.4, -0.2) is 48.0 Å². The molecular weight excluding hydrogens is 388 g/mol. The fourth-order valence-corrected chi connectivity index (χ4v) is 4.42. The lowest BCUT2D eigenvalue weighted by Crippen LogP contribution is -2.42. The van der Waals surface area contributed by atoms with E-state index < -0.39 is 6.04 Å². The van der Waals surface area contributed by atoms with Crippen molar-refractivity contribution in [3.63, 3.8) is 0 Å². The predicted molar refractivity (Wildman–Crippen MR) is 123 cm³/mol. The summed E-state index contributed by atoms with van der Waals surface area (Å²) in [6, 6.07) is 19.6. The van der Waals surface area contributed by atoms with Crippen LogP contribution in [0.5, 0.6) is 0 Å². The number of para-hydroxylation sites is 1. The van der Waals surface area contributed by atoms with Gasteiger partial charge in [0.1, 0.15) is 11.8 Å². The molecule has 0 saturated carbocycles. The van der Waals surface area contributed by atoms with Gasteiger partial charge in [-0.15, -0.1) is 0 Å². The number of carbonyl (C=O) groups excluding carboxylic acids is 2. The molecule has 0 radical (unpaired) electrons. The van der Waals surface area contributed by atoms with Crippen molar-refractivity contribution < 1.29 is 9.59 Å². The van der Waals surface area contributed by atoms with Crippen LogP contribution in [0.15, 0.2) is 65.8 Å². The molecular formula is C25H30N4O2. The summed E-state index contributed by atoms with van der Waals surface area (Å²) in [4.78, 5) is 27.4. The molecule has 1 saturated heterocycles. The van der Waals surface area contributed by atoms with Crippen molar-refractivity contribution in [2.45, 2.75) is 38.8 Å². The third-order valence-electron chi connectivity index (χ3n) is 6.07. The molecule has 2 unspecified atom stereocenters. The Hall–Kier alpha value is -2.99. The van der Waals surface area contributed by atoms with Crippen molar-refractivity contribution in [2.24, 2.45) is 11.0 Å². The van der Waals surface area contributed by atoms with Crippen molar-refractivity contribution >= 4 is 23.1 Å². The largest absolute Gasteiger partial charge is 0.351 e. The van der Waals surface area contributed by atoms with Crippen molar-refractivity contribution in [1.29, 1.82) is 0 Å². The fourth-order valence-electron chi connectivity index (χ4n) is 4.42. The number of amides is 1. The average molecular weight is 419 g/mol. The van der Waals surface area contributed by atoms with E-state index in [-0.39, 0.29) is 11.7 Å². The molecule has 1 fully saturated rings. The van der Waals surface area contributed by atoms with Gasteiger partial charge in [0.15, 0.2) is 5.78 Å². The summed E-state index contributed by atoms with van der Waals surface area (Å²) in [7, 11) is 0. The van der Waals surface area contributed by atoms with Crippen LogP contribution in [0.2, 0.25) is 0 Å². The molecule has 0 aliphatic carbocycles. The van der Waals surface area contributed by atoms with Crippen LogP contribution in [0, 0.1) is 5.92 Å². The highest BCUT2D eigenvalue weighted by Gasteiger charge is 2.34. The number of benzene rings is 2. The molecule has 1 amide bonds. The number of rotatable bonds is 7. The maximum Gasteiger partial charge on any atom is 0.267 e. The number of anilines is 1. The van der Waals surface area contributed by atoms with Crippen LogP contribution in [0.4, 0.5) is 5.69 Å². The summed E-state index contributed by atoms with van der Waals surface area (Å²) in [5, 5.41) is 9.26. The van der Waals surface area contributed by atoms with Crippen LogP contribution in [-0.2, 0) is 16.1 Å². The quantitative estimate of drug-likeness (QED) is 0.750. The Morgan fingerprint density at radius 3 is 2.48 bits per heavy atom. The number of hydrogen-bond donors (Lipinski definition) is 1. The topological polar surface area (TPSA) is 65.0 Å².